The monoisotopic (exact) mass is 270 g/mol. The third kappa shape index (κ3) is 3.87. The minimum absolute atomic E-state index is 0. The summed E-state index contributed by atoms with van der Waals surface area (Å²) < 4.78 is 5.24. The van der Waals surface area contributed by atoms with Gasteiger partial charge in [-0.2, -0.15) is 0 Å². The maximum atomic E-state index is 10.7. The van der Waals surface area contributed by atoms with E-state index in [0.29, 0.717) is 0 Å². The second-order valence-corrected chi connectivity index (χ2v) is 3.60. The predicted octanol–water partition coefficient (Wildman–Crippen LogP) is 2.27. The number of rotatable bonds is 1. The van der Waals surface area contributed by atoms with Crippen molar-refractivity contribution in [3.05, 3.63) is 0 Å². The Kier molecular flexibility index (Phi) is 5.36. The quantitative estimate of drug-likeness (QED) is 0.539. The van der Waals surface area contributed by atoms with Crippen molar-refractivity contribution in [2.45, 2.75) is 51.6 Å². The van der Waals surface area contributed by atoms with Gasteiger partial charge in [0, 0.05) is 34.2 Å². The first-order valence-corrected chi connectivity index (χ1v) is 4.32. The van der Waals surface area contributed by atoms with Gasteiger partial charge in [-0.25, -0.2) is 0 Å². The maximum Gasteiger partial charge on any atom is 0.303 e. The van der Waals surface area contributed by atoms with Crippen LogP contribution < -0.4 is 0 Å². The van der Waals surface area contributed by atoms with Gasteiger partial charge in [0.1, 0.15) is 5.60 Å². The molecule has 2 nitrogen and oxygen atoms in total. The van der Waals surface area contributed by atoms with Gasteiger partial charge in [-0.05, 0) is 32.6 Å². The molecule has 0 aromatic heterocycles. The van der Waals surface area contributed by atoms with Crippen molar-refractivity contribution in [2.24, 2.45) is 0 Å². The van der Waals surface area contributed by atoms with E-state index in [2.05, 4.69) is 0 Å². The molecule has 1 rings (SSSR count). The Morgan fingerprint density at radius 1 is 1.25 bits per heavy atom. The zero-order valence-corrected chi connectivity index (χ0v) is 12.1. The topological polar surface area (TPSA) is 26.3 Å². The van der Waals surface area contributed by atoms with Crippen LogP contribution in [0.5, 0.6) is 0 Å². The normalized spacial score (nSPS) is 20.8. The fourth-order valence-corrected chi connectivity index (χ4v) is 1.75. The minimum Gasteiger partial charge on any atom is -0.460 e. The summed E-state index contributed by atoms with van der Waals surface area (Å²) in [5.74, 6) is -0.144. The van der Waals surface area contributed by atoms with E-state index in [1.54, 1.807) is 0 Å². The van der Waals surface area contributed by atoms with Crippen LogP contribution in [0.2, 0.25) is 0 Å². The molecule has 0 bridgehead atoms. The van der Waals surface area contributed by atoms with Gasteiger partial charge in [0.15, 0.2) is 0 Å². The molecule has 12 heavy (non-hydrogen) atoms. The van der Waals surface area contributed by atoms with Gasteiger partial charge in [-0.3, -0.25) is 4.79 Å². The van der Waals surface area contributed by atoms with E-state index < -0.39 is 0 Å². The van der Waals surface area contributed by atoms with Crippen LogP contribution >= 0.6 is 0 Å². The van der Waals surface area contributed by atoms with E-state index in [9.17, 15) is 4.79 Å². The van der Waals surface area contributed by atoms with Gasteiger partial charge in [-0.1, -0.05) is 6.42 Å². The van der Waals surface area contributed by atoms with Crippen LogP contribution in [-0.2, 0) is 36.8 Å². The van der Waals surface area contributed by atoms with E-state index in [1.165, 1.54) is 26.2 Å². The Balaban J connectivity index is 0.00000121. The summed E-state index contributed by atoms with van der Waals surface area (Å²) in [4.78, 5) is 10.7. The zero-order chi connectivity index (χ0) is 8.32. The van der Waals surface area contributed by atoms with Crippen molar-refractivity contribution < 1.29 is 36.8 Å². The van der Waals surface area contributed by atoms with Crippen LogP contribution in [0.1, 0.15) is 46.0 Å². The molecule has 1 aliphatic rings. The first-order chi connectivity index (χ1) is 5.12. The van der Waals surface area contributed by atoms with Gasteiger partial charge in [-0.15, -0.1) is 0 Å². The summed E-state index contributed by atoms with van der Waals surface area (Å²) in [5.41, 5.74) is -0.149. The summed E-state index contributed by atoms with van der Waals surface area (Å²) in [6, 6.07) is 0. The number of esters is 1. The summed E-state index contributed by atoms with van der Waals surface area (Å²) in [5, 5.41) is 0. The summed E-state index contributed by atoms with van der Waals surface area (Å²) in [6.07, 6.45) is 5.75. The molecule has 0 aromatic carbocycles. The number of carbonyl (C=O) groups excluding carboxylic acids is 1. The summed E-state index contributed by atoms with van der Waals surface area (Å²) in [6.45, 7) is 3.52. The Morgan fingerprint density at radius 2 is 1.75 bits per heavy atom. The van der Waals surface area contributed by atoms with Gasteiger partial charge >= 0.3 is 5.97 Å². The summed E-state index contributed by atoms with van der Waals surface area (Å²) in [7, 11) is 0. The van der Waals surface area contributed by atoms with Crippen molar-refractivity contribution in [2.75, 3.05) is 0 Å². The first kappa shape index (κ1) is 12.4. The second-order valence-electron chi connectivity index (χ2n) is 3.60. The van der Waals surface area contributed by atoms with E-state index in [4.69, 9.17) is 4.74 Å². The first-order valence-electron chi connectivity index (χ1n) is 4.32. The van der Waals surface area contributed by atoms with Gasteiger partial charge in [0.2, 0.25) is 0 Å². The average Bonchev–Trinajstić information content (AvgIpc) is 1.85. The van der Waals surface area contributed by atoms with E-state index in [-0.39, 0.29) is 38.9 Å². The maximum absolute atomic E-state index is 10.7. The standard InChI is InChI=1S/C9H16O2.Cd/c1-8(10)11-9(2)6-4-3-5-7-9;/h3-7H2,1-2H3;. The third-order valence-corrected chi connectivity index (χ3v) is 2.30. The van der Waals surface area contributed by atoms with E-state index in [0.717, 1.165) is 12.8 Å². The SMILES string of the molecule is CC(=O)OC1(C)CCCCC1.[Cd]. The molecule has 1 saturated carbocycles. The zero-order valence-electron chi connectivity index (χ0n) is 8.06. The Labute approximate surface area is 94.2 Å². The van der Waals surface area contributed by atoms with Crippen molar-refractivity contribution in [3.8, 4) is 0 Å². The third-order valence-electron chi connectivity index (χ3n) is 2.30. The molecule has 0 amide bonds. The Bertz CT molecular complexity index is 151. The Morgan fingerprint density at radius 3 is 2.17 bits per heavy atom. The molecule has 0 saturated heterocycles. The molecule has 1 aliphatic carbocycles. The molecule has 0 N–H and O–H groups in total. The van der Waals surface area contributed by atoms with Gasteiger partial charge < -0.3 is 4.74 Å². The van der Waals surface area contributed by atoms with Crippen molar-refractivity contribution >= 4 is 5.97 Å². The van der Waals surface area contributed by atoms with Gasteiger partial charge in [0.25, 0.3) is 0 Å². The van der Waals surface area contributed by atoms with E-state index >= 15 is 0 Å². The molecule has 0 unspecified atom stereocenters. The molecule has 1 fully saturated rings. The molecule has 0 radical (unpaired) electrons. The molecule has 0 aliphatic heterocycles. The summed E-state index contributed by atoms with van der Waals surface area (Å²) >= 11 is 0. The van der Waals surface area contributed by atoms with Crippen molar-refractivity contribution in [1.29, 1.82) is 0 Å². The minimum atomic E-state index is -0.149. The second kappa shape index (κ2) is 5.19. The number of carbonyl (C=O) groups is 1. The molecule has 3 heteroatoms. The Hall–Kier alpha value is 0.392. The predicted molar refractivity (Wildman–Crippen MR) is 43.3 cm³/mol. The van der Waals surface area contributed by atoms with Crippen LogP contribution in [0.4, 0.5) is 0 Å². The van der Waals surface area contributed by atoms with Crippen LogP contribution in [0, 0.1) is 0 Å². The van der Waals surface area contributed by atoms with E-state index in [1.807, 2.05) is 6.92 Å². The molecular formula is C9H16CdO2. The van der Waals surface area contributed by atoms with Gasteiger partial charge in [0.05, 0.1) is 0 Å². The van der Waals surface area contributed by atoms with Crippen molar-refractivity contribution in [1.82, 2.24) is 0 Å². The van der Waals surface area contributed by atoms with Crippen LogP contribution in [0.15, 0.2) is 0 Å². The molecule has 66 valence electrons. The molecule has 0 atom stereocenters. The van der Waals surface area contributed by atoms with Crippen molar-refractivity contribution in [3.63, 3.8) is 0 Å². The average molecular weight is 269 g/mol. The number of ether oxygens (including phenoxy) is 1. The fourth-order valence-electron chi connectivity index (χ4n) is 1.75. The number of hydrogen-bond acceptors (Lipinski definition) is 2. The molecule has 0 spiro atoms. The largest absolute Gasteiger partial charge is 0.460 e. The van der Waals surface area contributed by atoms with Crippen LogP contribution in [0.3, 0.4) is 0 Å². The molecular weight excluding hydrogens is 253 g/mol. The fraction of sp³-hybridized carbons (Fsp3) is 0.889. The molecule has 0 heterocycles. The smallest absolute Gasteiger partial charge is 0.303 e. The van der Waals surface area contributed by atoms with Crippen LogP contribution in [0.25, 0.3) is 0 Å². The number of hydrogen-bond donors (Lipinski definition) is 0. The molecule has 0 aromatic rings. The van der Waals surface area contributed by atoms with Crippen LogP contribution in [-0.4, -0.2) is 11.6 Å².